The maximum absolute atomic E-state index is 5.19. The maximum atomic E-state index is 5.19. The molecule has 2 rings (SSSR count). The Bertz CT molecular complexity index is 346. The molecule has 0 saturated heterocycles. The van der Waals surface area contributed by atoms with Crippen molar-refractivity contribution >= 4 is 11.0 Å². The van der Waals surface area contributed by atoms with Crippen LogP contribution in [0.1, 0.15) is 5.56 Å². The minimum atomic E-state index is 0.891. The first kappa shape index (κ1) is 5.54. The van der Waals surface area contributed by atoms with Gasteiger partial charge in [0.15, 0.2) is 0 Å². The second-order valence-corrected chi connectivity index (χ2v) is 2.26. The molecule has 1 aromatic carbocycles. The predicted octanol–water partition coefficient (Wildman–Crippen LogP) is 2.61. The summed E-state index contributed by atoms with van der Waals surface area (Å²) in [6.45, 7) is 3.83. The Labute approximate surface area is 59.3 Å². The van der Waals surface area contributed by atoms with E-state index in [4.69, 9.17) is 4.42 Å². The molecule has 0 N–H and O–H groups in total. The van der Waals surface area contributed by atoms with Gasteiger partial charge in [0.1, 0.15) is 5.58 Å². The van der Waals surface area contributed by atoms with E-state index in [9.17, 15) is 0 Å². The van der Waals surface area contributed by atoms with Crippen molar-refractivity contribution in [3.63, 3.8) is 0 Å². The Morgan fingerprint density at radius 1 is 1.20 bits per heavy atom. The van der Waals surface area contributed by atoms with Crippen LogP contribution >= 0.6 is 0 Å². The van der Waals surface area contributed by atoms with E-state index in [1.807, 2.05) is 24.3 Å². The lowest BCUT2D eigenvalue weighted by Crippen LogP contribution is -1.69. The number of hydrogen-bond donors (Lipinski definition) is 0. The quantitative estimate of drug-likeness (QED) is 0.535. The molecule has 10 heavy (non-hydrogen) atoms. The zero-order valence-corrected chi connectivity index (χ0v) is 5.50. The summed E-state index contributed by atoms with van der Waals surface area (Å²) in [5.74, 6) is 0. The molecule has 1 aromatic heterocycles. The van der Waals surface area contributed by atoms with Crippen molar-refractivity contribution in [2.24, 2.45) is 0 Å². The Balaban J connectivity index is 2.95. The third kappa shape index (κ3) is 0.637. The first-order chi connectivity index (χ1) is 4.88. The monoisotopic (exact) mass is 131 g/mol. The van der Waals surface area contributed by atoms with Crippen LogP contribution in [-0.4, -0.2) is 0 Å². The third-order valence-electron chi connectivity index (χ3n) is 1.56. The lowest BCUT2D eigenvalue weighted by molar-refractivity contribution is 0.614. The van der Waals surface area contributed by atoms with Gasteiger partial charge in [-0.2, -0.15) is 0 Å². The standard InChI is InChI=1S/C9H7O/c1-7-3-2-4-8-5-6-10-9(7)8/h2-6H,1H2. The normalized spacial score (nSPS) is 10.5. The highest BCUT2D eigenvalue weighted by Gasteiger charge is 1.96. The van der Waals surface area contributed by atoms with Crippen molar-refractivity contribution in [2.45, 2.75) is 0 Å². The molecular formula is C9H7O. The zero-order chi connectivity index (χ0) is 6.97. The van der Waals surface area contributed by atoms with Crippen LogP contribution in [0.4, 0.5) is 0 Å². The third-order valence-corrected chi connectivity index (χ3v) is 1.56. The molecule has 0 aliphatic carbocycles. The average molecular weight is 131 g/mol. The summed E-state index contributed by atoms with van der Waals surface area (Å²) in [4.78, 5) is 0. The summed E-state index contributed by atoms with van der Waals surface area (Å²) in [6.07, 6.45) is 1.68. The van der Waals surface area contributed by atoms with Crippen LogP contribution in [0.3, 0.4) is 0 Å². The van der Waals surface area contributed by atoms with Crippen LogP contribution in [-0.2, 0) is 0 Å². The van der Waals surface area contributed by atoms with E-state index < -0.39 is 0 Å². The predicted molar refractivity (Wildman–Crippen MR) is 40.7 cm³/mol. The first-order valence-corrected chi connectivity index (χ1v) is 3.16. The molecule has 0 aliphatic rings. The van der Waals surface area contributed by atoms with Crippen molar-refractivity contribution in [3.05, 3.63) is 43.0 Å². The number of hydrogen-bond acceptors (Lipinski definition) is 1. The molecule has 0 amide bonds. The van der Waals surface area contributed by atoms with E-state index in [0.29, 0.717) is 0 Å². The second kappa shape index (κ2) is 1.87. The average Bonchev–Trinajstić information content (AvgIpc) is 2.36. The van der Waals surface area contributed by atoms with Gasteiger partial charge in [-0.05, 0) is 18.6 Å². The highest BCUT2D eigenvalue weighted by molar-refractivity contribution is 5.80. The minimum absolute atomic E-state index is 0.891. The topological polar surface area (TPSA) is 13.1 Å². The Morgan fingerprint density at radius 2 is 2.10 bits per heavy atom. The van der Waals surface area contributed by atoms with E-state index in [2.05, 4.69) is 6.92 Å². The molecule has 1 heterocycles. The summed E-state index contributed by atoms with van der Waals surface area (Å²) < 4.78 is 5.19. The molecule has 1 radical (unpaired) electrons. The van der Waals surface area contributed by atoms with Gasteiger partial charge >= 0.3 is 0 Å². The molecule has 1 nitrogen and oxygen atoms in total. The molecule has 0 aliphatic heterocycles. The number of fused-ring (bicyclic) bond motifs is 1. The molecule has 0 saturated carbocycles. The highest BCUT2D eigenvalue weighted by atomic mass is 16.3. The molecule has 2 aromatic rings. The van der Waals surface area contributed by atoms with E-state index in [1.54, 1.807) is 6.26 Å². The van der Waals surface area contributed by atoms with Crippen LogP contribution in [0.5, 0.6) is 0 Å². The van der Waals surface area contributed by atoms with E-state index in [0.717, 1.165) is 16.5 Å². The summed E-state index contributed by atoms with van der Waals surface area (Å²) in [5.41, 5.74) is 1.84. The van der Waals surface area contributed by atoms with E-state index >= 15 is 0 Å². The molecule has 0 spiro atoms. The van der Waals surface area contributed by atoms with Gasteiger partial charge < -0.3 is 4.42 Å². The van der Waals surface area contributed by atoms with Gasteiger partial charge in [-0.15, -0.1) is 0 Å². The molecule has 0 bridgehead atoms. The maximum Gasteiger partial charge on any atom is 0.137 e. The van der Waals surface area contributed by atoms with E-state index in [-0.39, 0.29) is 0 Å². The van der Waals surface area contributed by atoms with Crippen LogP contribution in [0, 0.1) is 6.92 Å². The van der Waals surface area contributed by atoms with Gasteiger partial charge in [-0.3, -0.25) is 0 Å². The van der Waals surface area contributed by atoms with Crippen molar-refractivity contribution in [2.75, 3.05) is 0 Å². The van der Waals surface area contributed by atoms with Crippen molar-refractivity contribution in [1.82, 2.24) is 0 Å². The Kier molecular flexibility index (Phi) is 1.04. The minimum Gasteiger partial charge on any atom is -0.464 e. The molecular weight excluding hydrogens is 124 g/mol. The second-order valence-electron chi connectivity index (χ2n) is 2.26. The fourth-order valence-corrected chi connectivity index (χ4v) is 1.06. The van der Waals surface area contributed by atoms with Gasteiger partial charge in [0.05, 0.1) is 6.26 Å². The first-order valence-electron chi connectivity index (χ1n) is 3.16. The fraction of sp³-hybridized carbons (Fsp3) is 0. The molecule has 0 unspecified atom stereocenters. The summed E-state index contributed by atoms with van der Waals surface area (Å²) in [7, 11) is 0. The van der Waals surface area contributed by atoms with Gasteiger partial charge in [-0.25, -0.2) is 0 Å². The van der Waals surface area contributed by atoms with Crippen LogP contribution < -0.4 is 0 Å². The SMILES string of the molecule is [CH2]c1cccc2ccoc12. The summed E-state index contributed by atoms with van der Waals surface area (Å²) >= 11 is 0. The fourth-order valence-electron chi connectivity index (χ4n) is 1.06. The number of furan rings is 1. The van der Waals surface area contributed by atoms with Crippen molar-refractivity contribution in [1.29, 1.82) is 0 Å². The van der Waals surface area contributed by atoms with Crippen LogP contribution in [0.25, 0.3) is 11.0 Å². The molecule has 0 atom stereocenters. The largest absolute Gasteiger partial charge is 0.464 e. The number of rotatable bonds is 0. The lowest BCUT2D eigenvalue weighted by atomic mass is 10.2. The van der Waals surface area contributed by atoms with Gasteiger partial charge in [-0.1, -0.05) is 18.2 Å². The number of benzene rings is 1. The van der Waals surface area contributed by atoms with Crippen LogP contribution in [0.15, 0.2) is 34.9 Å². The Morgan fingerprint density at radius 3 is 2.90 bits per heavy atom. The van der Waals surface area contributed by atoms with Crippen molar-refractivity contribution < 1.29 is 4.42 Å². The van der Waals surface area contributed by atoms with Gasteiger partial charge in [0, 0.05) is 5.39 Å². The molecule has 0 fully saturated rings. The van der Waals surface area contributed by atoms with Gasteiger partial charge in [0.2, 0.25) is 0 Å². The number of para-hydroxylation sites is 1. The van der Waals surface area contributed by atoms with Crippen LogP contribution in [0.2, 0.25) is 0 Å². The summed E-state index contributed by atoms with van der Waals surface area (Å²) in [5, 5.41) is 1.12. The molecule has 49 valence electrons. The lowest BCUT2D eigenvalue weighted by Gasteiger charge is -1.90. The smallest absolute Gasteiger partial charge is 0.137 e. The van der Waals surface area contributed by atoms with E-state index in [1.165, 1.54) is 0 Å². The van der Waals surface area contributed by atoms with Gasteiger partial charge in [0.25, 0.3) is 0 Å². The summed E-state index contributed by atoms with van der Waals surface area (Å²) in [6, 6.07) is 7.85. The highest BCUT2D eigenvalue weighted by Crippen LogP contribution is 2.17. The van der Waals surface area contributed by atoms with Crippen molar-refractivity contribution in [3.8, 4) is 0 Å². The zero-order valence-electron chi connectivity index (χ0n) is 5.50. The Hall–Kier alpha value is -1.24. The molecule has 1 heteroatoms.